The van der Waals surface area contributed by atoms with Crippen LogP contribution in [0.3, 0.4) is 0 Å². The molecule has 0 spiro atoms. The molecule has 0 amide bonds. The van der Waals surface area contributed by atoms with Crippen molar-refractivity contribution in [2.45, 2.75) is 16.7 Å². The molecule has 0 aromatic heterocycles. The summed E-state index contributed by atoms with van der Waals surface area (Å²) in [4.78, 5) is 2.91. The summed E-state index contributed by atoms with van der Waals surface area (Å²) in [5, 5.41) is 0. The van der Waals surface area contributed by atoms with Crippen LogP contribution in [0.15, 0.2) is 64.4 Å². The zero-order valence-corrected chi connectivity index (χ0v) is 10.6. The van der Waals surface area contributed by atoms with E-state index < -0.39 is 10.0 Å². The second-order valence-electron chi connectivity index (χ2n) is 3.93. The van der Waals surface area contributed by atoms with Crippen molar-refractivity contribution >= 4 is 10.0 Å². The minimum Gasteiger partial charge on any atom is -0.191 e. The van der Waals surface area contributed by atoms with E-state index in [1.807, 2.05) is 12.1 Å². The Bertz CT molecular complexity index is 394. The lowest BCUT2D eigenvalue weighted by Gasteiger charge is -2.35. The van der Waals surface area contributed by atoms with E-state index in [0.717, 1.165) is 0 Å². The maximum Gasteiger partial charge on any atom is -0.00613 e. The molecule has 0 bridgehead atoms. The second kappa shape index (κ2) is 4.75. The zero-order chi connectivity index (χ0) is 11.4. The molecule has 0 N–H and O–H groups in total. The molecule has 0 fully saturated rings. The summed E-state index contributed by atoms with van der Waals surface area (Å²) in [5.41, 5.74) is 0. The van der Waals surface area contributed by atoms with Gasteiger partial charge in [-0.15, -0.1) is 0 Å². The molecule has 0 aliphatic carbocycles. The van der Waals surface area contributed by atoms with Crippen molar-refractivity contribution in [2.75, 3.05) is 12.0 Å². The van der Waals surface area contributed by atoms with Gasteiger partial charge in [0.15, 0.2) is 0 Å². The Kier molecular flexibility index (Phi) is 3.35. The molecule has 0 aliphatic rings. The van der Waals surface area contributed by atoms with Gasteiger partial charge in [-0.05, 0) is 52.1 Å². The first-order chi connectivity index (χ1) is 7.77. The van der Waals surface area contributed by atoms with Crippen LogP contribution in [0.2, 0.25) is 0 Å². The van der Waals surface area contributed by atoms with Crippen molar-refractivity contribution in [3.05, 3.63) is 60.7 Å². The Labute approximate surface area is 99.6 Å². The molecule has 1 heteroatoms. The number of hydrogen-bond acceptors (Lipinski definition) is 0. The van der Waals surface area contributed by atoms with Crippen LogP contribution in [-0.4, -0.2) is 12.0 Å². The molecule has 1 unspecified atom stereocenters. The topological polar surface area (TPSA) is 0 Å². The van der Waals surface area contributed by atoms with Gasteiger partial charge in [0.05, 0.1) is 0 Å². The average molecular weight is 229 g/mol. The van der Waals surface area contributed by atoms with Crippen LogP contribution in [0.5, 0.6) is 0 Å². The zero-order valence-electron chi connectivity index (χ0n) is 9.81. The van der Waals surface area contributed by atoms with Crippen LogP contribution in [0, 0.1) is 6.07 Å². The fraction of sp³-hybridized carbons (Fsp3) is 0.200. The Morgan fingerprint density at radius 1 is 0.938 bits per heavy atom. The Balaban J connectivity index is 2.49. The lowest BCUT2D eigenvalue weighted by Crippen LogP contribution is -2.02. The molecule has 2 rings (SSSR count). The van der Waals surface area contributed by atoms with E-state index in [0.29, 0.717) is 0 Å². The van der Waals surface area contributed by atoms with Gasteiger partial charge in [0, 0.05) is 0 Å². The molecule has 0 saturated heterocycles. The van der Waals surface area contributed by atoms with Gasteiger partial charge in [0.1, 0.15) is 0 Å². The molecule has 0 aliphatic heterocycles. The summed E-state index contributed by atoms with van der Waals surface area (Å²) in [6, 6.07) is 22.4. The SMILES string of the molecule is CCS(C)(c1cc[c]cc1)c1ccccc1. The van der Waals surface area contributed by atoms with Crippen LogP contribution < -0.4 is 0 Å². The summed E-state index contributed by atoms with van der Waals surface area (Å²) < 4.78 is 0. The van der Waals surface area contributed by atoms with Crippen LogP contribution >= 0.6 is 10.0 Å². The lowest BCUT2D eigenvalue weighted by atomic mass is 10.4. The third-order valence-electron chi connectivity index (χ3n) is 3.05. The maximum absolute atomic E-state index is 3.09. The molecular formula is C15H17S. The van der Waals surface area contributed by atoms with Gasteiger partial charge in [-0.25, -0.2) is 0 Å². The minimum atomic E-state index is -0.854. The predicted octanol–water partition coefficient (Wildman–Crippen LogP) is 4.36. The first kappa shape index (κ1) is 11.3. The summed E-state index contributed by atoms with van der Waals surface area (Å²) in [7, 11) is -0.854. The molecule has 0 nitrogen and oxygen atoms in total. The first-order valence-corrected chi connectivity index (χ1v) is 7.75. The fourth-order valence-corrected chi connectivity index (χ4v) is 4.30. The van der Waals surface area contributed by atoms with Crippen LogP contribution in [0.1, 0.15) is 6.92 Å². The molecule has 0 heterocycles. The van der Waals surface area contributed by atoms with Crippen LogP contribution in [-0.2, 0) is 0 Å². The smallest absolute Gasteiger partial charge is 0.00613 e. The Morgan fingerprint density at radius 3 is 2.06 bits per heavy atom. The average Bonchev–Trinajstić information content (AvgIpc) is 2.40. The highest BCUT2D eigenvalue weighted by Gasteiger charge is 2.20. The highest BCUT2D eigenvalue weighted by atomic mass is 32.3. The standard InChI is InChI=1S/C15H17S/c1-3-16(2,14-10-6-4-7-11-14)15-12-8-5-9-13-15/h4,6-13H,3H2,1-2H3. The molecule has 83 valence electrons. The molecule has 2 aromatic carbocycles. The van der Waals surface area contributed by atoms with Gasteiger partial charge in [-0.2, -0.15) is 10.0 Å². The quantitative estimate of drug-likeness (QED) is 0.733. The normalized spacial score (nSPS) is 12.4. The number of benzene rings is 2. The highest BCUT2D eigenvalue weighted by Crippen LogP contribution is 2.58. The van der Waals surface area contributed by atoms with Crippen molar-refractivity contribution in [1.29, 1.82) is 0 Å². The van der Waals surface area contributed by atoms with Crippen molar-refractivity contribution in [3.63, 3.8) is 0 Å². The van der Waals surface area contributed by atoms with E-state index in [2.05, 4.69) is 61.7 Å². The van der Waals surface area contributed by atoms with Crippen molar-refractivity contribution in [2.24, 2.45) is 0 Å². The summed E-state index contributed by atoms with van der Waals surface area (Å²) in [6.45, 7) is 2.28. The minimum absolute atomic E-state index is 0.854. The van der Waals surface area contributed by atoms with Gasteiger partial charge in [-0.1, -0.05) is 37.3 Å². The van der Waals surface area contributed by atoms with Crippen LogP contribution in [0.4, 0.5) is 0 Å². The van der Waals surface area contributed by atoms with E-state index in [9.17, 15) is 0 Å². The van der Waals surface area contributed by atoms with Crippen LogP contribution in [0.25, 0.3) is 0 Å². The predicted molar refractivity (Wildman–Crippen MR) is 72.3 cm³/mol. The van der Waals surface area contributed by atoms with Crippen molar-refractivity contribution < 1.29 is 0 Å². The van der Waals surface area contributed by atoms with E-state index >= 15 is 0 Å². The second-order valence-corrected chi connectivity index (χ2v) is 7.62. The molecule has 0 saturated carbocycles. The molecular weight excluding hydrogens is 212 g/mol. The first-order valence-electron chi connectivity index (χ1n) is 5.54. The van der Waals surface area contributed by atoms with E-state index in [4.69, 9.17) is 0 Å². The number of hydrogen-bond donors (Lipinski definition) is 0. The van der Waals surface area contributed by atoms with Gasteiger partial charge < -0.3 is 0 Å². The third-order valence-corrected chi connectivity index (χ3v) is 6.83. The number of rotatable bonds is 3. The van der Waals surface area contributed by atoms with Crippen molar-refractivity contribution in [1.82, 2.24) is 0 Å². The highest BCUT2D eigenvalue weighted by molar-refractivity contribution is 8.33. The Hall–Kier alpha value is -1.21. The Morgan fingerprint density at radius 2 is 1.50 bits per heavy atom. The van der Waals surface area contributed by atoms with E-state index in [1.54, 1.807) is 0 Å². The monoisotopic (exact) mass is 229 g/mol. The van der Waals surface area contributed by atoms with Crippen molar-refractivity contribution in [3.8, 4) is 0 Å². The molecule has 2 aromatic rings. The summed E-state index contributed by atoms with van der Waals surface area (Å²) >= 11 is 0. The largest absolute Gasteiger partial charge is 0.191 e. The molecule has 16 heavy (non-hydrogen) atoms. The lowest BCUT2D eigenvalue weighted by molar-refractivity contribution is 1.31. The molecule has 1 radical (unpaired) electrons. The van der Waals surface area contributed by atoms with Gasteiger partial charge >= 0.3 is 0 Å². The maximum atomic E-state index is 3.09. The molecule has 1 atom stereocenters. The summed E-state index contributed by atoms with van der Waals surface area (Å²) in [5.74, 6) is 1.18. The van der Waals surface area contributed by atoms with Gasteiger partial charge in [-0.3, -0.25) is 0 Å². The van der Waals surface area contributed by atoms with E-state index in [1.165, 1.54) is 15.5 Å². The van der Waals surface area contributed by atoms with Gasteiger partial charge in [0.25, 0.3) is 0 Å². The fourth-order valence-electron chi connectivity index (χ4n) is 1.86. The third kappa shape index (κ3) is 2.00. The summed E-state index contributed by atoms with van der Waals surface area (Å²) in [6.07, 6.45) is 2.39. The van der Waals surface area contributed by atoms with E-state index in [-0.39, 0.29) is 0 Å². The van der Waals surface area contributed by atoms with Gasteiger partial charge in [0.2, 0.25) is 0 Å².